The number of sulfonamides is 1. The topological polar surface area (TPSA) is 121 Å². The molecule has 0 saturated heterocycles. The molecule has 0 aliphatic rings. The normalized spacial score (nSPS) is 14.0. The summed E-state index contributed by atoms with van der Waals surface area (Å²) < 4.78 is 30.8. The highest BCUT2D eigenvalue weighted by atomic mass is 32.2. The monoisotopic (exact) mass is 561 g/mol. The molecule has 0 aromatic heterocycles. The molecule has 0 spiro atoms. The summed E-state index contributed by atoms with van der Waals surface area (Å²) >= 11 is 0. The lowest BCUT2D eigenvalue weighted by atomic mass is 9.70. The molecule has 8 nitrogen and oxygen atoms in total. The third-order valence-corrected chi connectivity index (χ3v) is 8.59. The van der Waals surface area contributed by atoms with Crippen LogP contribution in [0.5, 0.6) is 5.75 Å². The Morgan fingerprint density at radius 1 is 0.974 bits per heavy atom. The zero-order chi connectivity index (χ0) is 29.9. The van der Waals surface area contributed by atoms with Crippen molar-refractivity contribution in [3.05, 3.63) is 64.2 Å². The quantitative estimate of drug-likeness (QED) is 0.393. The van der Waals surface area contributed by atoms with E-state index in [1.54, 1.807) is 13.0 Å². The molecule has 2 aromatic carbocycles. The Bertz CT molecular complexity index is 1310. The van der Waals surface area contributed by atoms with E-state index in [1.807, 2.05) is 58.9 Å². The van der Waals surface area contributed by atoms with Crippen LogP contribution in [0.25, 0.3) is 0 Å². The van der Waals surface area contributed by atoms with E-state index in [-0.39, 0.29) is 16.4 Å². The summed E-state index contributed by atoms with van der Waals surface area (Å²) in [6.07, 6.45) is 1.32. The van der Waals surface area contributed by atoms with Gasteiger partial charge >= 0.3 is 5.97 Å². The molecule has 39 heavy (non-hydrogen) atoms. The van der Waals surface area contributed by atoms with Gasteiger partial charge in [-0.05, 0) is 73.4 Å². The molecule has 0 heterocycles. The SMILES string of the molecule is CCC(CC)(c1ccc(OC(C)C(O)C(C)(C)C)c(C)c1)c1ccc(C(=O)N(CC(=O)O)S(C)(=O)=O)c(C)c1. The van der Waals surface area contributed by atoms with Crippen molar-refractivity contribution in [3.63, 3.8) is 0 Å². The summed E-state index contributed by atoms with van der Waals surface area (Å²) in [5.74, 6) is -1.58. The van der Waals surface area contributed by atoms with Gasteiger partial charge in [-0.1, -0.05) is 58.9 Å². The average Bonchev–Trinajstić information content (AvgIpc) is 2.83. The van der Waals surface area contributed by atoms with E-state index in [0.29, 0.717) is 15.6 Å². The molecule has 2 rings (SSSR count). The van der Waals surface area contributed by atoms with Gasteiger partial charge in [-0.25, -0.2) is 12.7 Å². The van der Waals surface area contributed by atoms with Crippen LogP contribution in [0.4, 0.5) is 0 Å². The first-order valence-electron chi connectivity index (χ1n) is 13.2. The van der Waals surface area contributed by atoms with Crippen LogP contribution in [0.15, 0.2) is 36.4 Å². The number of carboxylic acid groups (broad SMARTS) is 1. The number of carbonyl (C=O) groups is 2. The van der Waals surface area contributed by atoms with Crippen molar-refractivity contribution in [1.82, 2.24) is 4.31 Å². The van der Waals surface area contributed by atoms with Crippen molar-refractivity contribution in [3.8, 4) is 5.75 Å². The summed E-state index contributed by atoms with van der Waals surface area (Å²) in [5, 5.41) is 19.7. The molecule has 0 aliphatic carbocycles. The largest absolute Gasteiger partial charge is 0.488 e. The predicted octanol–water partition coefficient (Wildman–Crippen LogP) is 5.07. The number of ether oxygens (including phenoxy) is 1. The number of aryl methyl sites for hydroxylation is 2. The second kappa shape index (κ2) is 12.1. The predicted molar refractivity (Wildman–Crippen MR) is 153 cm³/mol. The minimum atomic E-state index is -4.07. The Hall–Kier alpha value is -2.91. The second-order valence-electron chi connectivity index (χ2n) is 11.4. The molecule has 0 aliphatic heterocycles. The molecule has 2 N–H and O–H groups in total. The van der Waals surface area contributed by atoms with Crippen molar-refractivity contribution >= 4 is 21.9 Å². The lowest BCUT2D eigenvalue weighted by molar-refractivity contribution is -0.136. The molecule has 2 unspecified atom stereocenters. The van der Waals surface area contributed by atoms with Gasteiger partial charge in [-0.3, -0.25) is 9.59 Å². The van der Waals surface area contributed by atoms with Crippen LogP contribution in [0, 0.1) is 19.3 Å². The van der Waals surface area contributed by atoms with Crippen LogP contribution in [0.1, 0.15) is 87.0 Å². The Kier molecular flexibility index (Phi) is 10.0. The molecule has 2 aromatic rings. The van der Waals surface area contributed by atoms with Crippen LogP contribution in [-0.2, 0) is 20.2 Å². The third-order valence-electron chi connectivity index (χ3n) is 7.49. The number of aliphatic hydroxyl groups excluding tert-OH is 1. The Labute approximate surface area is 233 Å². The highest BCUT2D eigenvalue weighted by molar-refractivity contribution is 7.88. The van der Waals surface area contributed by atoms with Gasteiger partial charge in [-0.2, -0.15) is 0 Å². The second-order valence-corrected chi connectivity index (χ2v) is 13.3. The molecule has 0 bridgehead atoms. The van der Waals surface area contributed by atoms with E-state index >= 15 is 0 Å². The van der Waals surface area contributed by atoms with Crippen molar-refractivity contribution in [1.29, 1.82) is 0 Å². The molecule has 9 heteroatoms. The summed E-state index contributed by atoms with van der Waals surface area (Å²) in [5.41, 5.74) is 2.97. The molecule has 2 atom stereocenters. The van der Waals surface area contributed by atoms with Gasteiger partial charge in [-0.15, -0.1) is 0 Å². The Morgan fingerprint density at radius 2 is 1.49 bits per heavy atom. The summed E-state index contributed by atoms with van der Waals surface area (Å²) in [7, 11) is -4.07. The smallest absolute Gasteiger partial charge is 0.324 e. The molecular formula is C30H43NO7S. The van der Waals surface area contributed by atoms with Crippen LogP contribution in [0.2, 0.25) is 0 Å². The standard InChI is InChI=1S/C30H43NO7S/c1-10-30(11-2,23-13-15-25(20(4)17-23)38-21(5)27(34)29(6,7)8)22-12-14-24(19(3)16-22)28(35)31(18-26(32)33)39(9,36)37/h12-17,21,27,34H,10-11,18H2,1-9H3,(H,32,33). The van der Waals surface area contributed by atoms with Crippen molar-refractivity contribution < 1.29 is 33.0 Å². The van der Waals surface area contributed by atoms with Crippen molar-refractivity contribution in [2.45, 2.75) is 85.9 Å². The number of benzene rings is 2. The summed E-state index contributed by atoms with van der Waals surface area (Å²) in [6, 6.07) is 11.3. The van der Waals surface area contributed by atoms with Crippen LogP contribution in [0.3, 0.4) is 0 Å². The number of aliphatic hydroxyl groups is 1. The van der Waals surface area contributed by atoms with Crippen LogP contribution in [-0.4, -0.2) is 59.8 Å². The van der Waals surface area contributed by atoms with Gasteiger partial charge in [0.25, 0.3) is 5.91 Å². The Morgan fingerprint density at radius 3 is 1.90 bits per heavy atom. The maximum atomic E-state index is 13.0. The van der Waals surface area contributed by atoms with E-state index in [2.05, 4.69) is 19.9 Å². The first-order chi connectivity index (χ1) is 17.9. The van der Waals surface area contributed by atoms with Gasteiger partial charge < -0.3 is 14.9 Å². The first-order valence-corrected chi connectivity index (χ1v) is 15.0. The third kappa shape index (κ3) is 7.19. The van der Waals surface area contributed by atoms with E-state index in [1.165, 1.54) is 0 Å². The summed E-state index contributed by atoms with van der Waals surface area (Å²) in [6.45, 7) is 14.7. The van der Waals surface area contributed by atoms with Gasteiger partial charge in [0.05, 0.1) is 12.4 Å². The van der Waals surface area contributed by atoms with Gasteiger partial charge in [0, 0.05) is 11.0 Å². The van der Waals surface area contributed by atoms with Crippen LogP contribution < -0.4 is 4.74 Å². The average molecular weight is 562 g/mol. The van der Waals surface area contributed by atoms with Crippen molar-refractivity contribution in [2.75, 3.05) is 12.8 Å². The highest BCUT2D eigenvalue weighted by Crippen LogP contribution is 2.41. The zero-order valence-electron chi connectivity index (χ0n) is 24.5. The maximum absolute atomic E-state index is 13.0. The Balaban J connectivity index is 2.49. The van der Waals surface area contributed by atoms with E-state index in [0.717, 1.165) is 35.8 Å². The summed E-state index contributed by atoms with van der Waals surface area (Å²) in [4.78, 5) is 24.3. The molecule has 0 radical (unpaired) electrons. The van der Waals surface area contributed by atoms with Gasteiger partial charge in [0.1, 0.15) is 18.4 Å². The van der Waals surface area contributed by atoms with E-state index in [4.69, 9.17) is 9.84 Å². The fraction of sp³-hybridized carbons (Fsp3) is 0.533. The fourth-order valence-corrected chi connectivity index (χ4v) is 5.82. The number of carbonyl (C=O) groups excluding carboxylic acids is 1. The first kappa shape index (κ1) is 32.3. The molecule has 216 valence electrons. The highest BCUT2D eigenvalue weighted by Gasteiger charge is 2.34. The maximum Gasteiger partial charge on any atom is 0.324 e. The lowest BCUT2D eigenvalue weighted by Gasteiger charge is -2.35. The number of aliphatic carboxylic acids is 1. The fourth-order valence-electron chi connectivity index (χ4n) is 5.08. The lowest BCUT2D eigenvalue weighted by Crippen LogP contribution is -2.40. The number of nitrogens with zero attached hydrogens (tertiary/aromatic N) is 1. The number of amides is 1. The number of hydrogen-bond donors (Lipinski definition) is 2. The molecule has 0 saturated carbocycles. The van der Waals surface area contributed by atoms with Crippen molar-refractivity contribution in [2.24, 2.45) is 5.41 Å². The van der Waals surface area contributed by atoms with Crippen LogP contribution >= 0.6 is 0 Å². The van der Waals surface area contributed by atoms with E-state index < -0.39 is 40.7 Å². The zero-order valence-corrected chi connectivity index (χ0v) is 25.3. The minimum Gasteiger partial charge on any atom is -0.488 e. The number of carboxylic acids is 1. The molecular weight excluding hydrogens is 518 g/mol. The van der Waals surface area contributed by atoms with Gasteiger partial charge in [0.15, 0.2) is 0 Å². The number of rotatable bonds is 11. The minimum absolute atomic E-state index is 0.137. The molecule has 0 fully saturated rings. The number of hydrogen-bond acceptors (Lipinski definition) is 6. The van der Waals surface area contributed by atoms with E-state index in [9.17, 15) is 23.1 Å². The van der Waals surface area contributed by atoms with Gasteiger partial charge in [0.2, 0.25) is 10.0 Å². The molecule has 1 amide bonds.